The van der Waals surface area contributed by atoms with Gasteiger partial charge in [0, 0.05) is 12.4 Å². The van der Waals surface area contributed by atoms with E-state index in [-0.39, 0.29) is 6.61 Å². The normalized spacial score (nSPS) is 12.1. The number of rotatable bonds is 6. The SMILES string of the molecule is OC(CNn1cccc1)COc1ccccc1. The Labute approximate surface area is 100 Å². The maximum absolute atomic E-state index is 9.71. The van der Waals surface area contributed by atoms with Crippen molar-refractivity contribution in [1.29, 1.82) is 0 Å². The average Bonchev–Trinajstić information content (AvgIpc) is 2.88. The molecule has 0 amide bonds. The van der Waals surface area contributed by atoms with Crippen molar-refractivity contribution in [3.05, 3.63) is 54.9 Å². The van der Waals surface area contributed by atoms with E-state index in [1.165, 1.54) is 0 Å². The van der Waals surface area contributed by atoms with Gasteiger partial charge in [-0.3, -0.25) is 4.68 Å². The van der Waals surface area contributed by atoms with Crippen LogP contribution < -0.4 is 10.2 Å². The van der Waals surface area contributed by atoms with Crippen LogP contribution in [0.4, 0.5) is 0 Å². The lowest BCUT2D eigenvalue weighted by molar-refractivity contribution is 0.115. The summed E-state index contributed by atoms with van der Waals surface area (Å²) in [7, 11) is 0. The summed E-state index contributed by atoms with van der Waals surface area (Å²) in [6.07, 6.45) is 3.22. The number of nitrogens with one attached hydrogen (secondary N) is 1. The van der Waals surface area contributed by atoms with Crippen LogP contribution in [0.5, 0.6) is 5.75 Å². The summed E-state index contributed by atoms with van der Waals surface area (Å²) in [5.41, 5.74) is 3.05. The summed E-state index contributed by atoms with van der Waals surface area (Å²) in [5, 5.41) is 9.71. The first kappa shape index (κ1) is 11.5. The van der Waals surface area contributed by atoms with Gasteiger partial charge in [0.15, 0.2) is 0 Å². The number of hydrogen-bond donors (Lipinski definition) is 2. The highest BCUT2D eigenvalue weighted by Crippen LogP contribution is 2.08. The van der Waals surface area contributed by atoms with E-state index in [1.54, 1.807) is 4.68 Å². The number of ether oxygens (including phenoxy) is 1. The number of aromatic nitrogens is 1. The Balaban J connectivity index is 1.69. The van der Waals surface area contributed by atoms with Crippen LogP contribution in [0.3, 0.4) is 0 Å². The van der Waals surface area contributed by atoms with E-state index in [0.29, 0.717) is 6.54 Å². The third kappa shape index (κ3) is 3.85. The lowest BCUT2D eigenvalue weighted by Crippen LogP contribution is -2.30. The molecule has 0 saturated carbocycles. The van der Waals surface area contributed by atoms with Crippen molar-refractivity contribution in [3.8, 4) is 5.75 Å². The largest absolute Gasteiger partial charge is 0.491 e. The molecule has 0 fully saturated rings. The summed E-state index contributed by atoms with van der Waals surface area (Å²) >= 11 is 0. The van der Waals surface area contributed by atoms with Crippen LogP contribution in [-0.2, 0) is 0 Å². The third-order valence-electron chi connectivity index (χ3n) is 2.30. The van der Waals surface area contributed by atoms with Crippen molar-refractivity contribution in [2.75, 3.05) is 18.6 Å². The standard InChI is InChI=1S/C13H16N2O2/c16-12(10-14-15-8-4-5-9-15)11-17-13-6-2-1-3-7-13/h1-9,12,14,16H,10-11H2. The number of aliphatic hydroxyl groups excluding tert-OH is 1. The summed E-state index contributed by atoms with van der Waals surface area (Å²) < 4.78 is 7.24. The number of benzene rings is 1. The van der Waals surface area contributed by atoms with Gasteiger partial charge in [-0.05, 0) is 24.3 Å². The molecule has 1 heterocycles. The molecule has 1 atom stereocenters. The van der Waals surface area contributed by atoms with Gasteiger partial charge in [-0.15, -0.1) is 0 Å². The fraction of sp³-hybridized carbons (Fsp3) is 0.231. The first-order valence-corrected chi connectivity index (χ1v) is 5.57. The molecule has 2 aromatic rings. The summed E-state index contributed by atoms with van der Waals surface area (Å²) in [6, 6.07) is 13.3. The lowest BCUT2D eigenvalue weighted by Gasteiger charge is -2.14. The highest BCUT2D eigenvalue weighted by atomic mass is 16.5. The Bertz CT molecular complexity index is 414. The van der Waals surface area contributed by atoms with E-state index in [0.717, 1.165) is 5.75 Å². The number of nitrogens with zero attached hydrogens (tertiary/aromatic N) is 1. The molecule has 1 aromatic carbocycles. The van der Waals surface area contributed by atoms with E-state index >= 15 is 0 Å². The zero-order valence-corrected chi connectivity index (χ0v) is 9.49. The van der Waals surface area contributed by atoms with Gasteiger partial charge < -0.3 is 15.3 Å². The van der Waals surface area contributed by atoms with Gasteiger partial charge in [0.1, 0.15) is 18.5 Å². The van der Waals surface area contributed by atoms with Gasteiger partial charge in [0.25, 0.3) is 0 Å². The number of para-hydroxylation sites is 1. The predicted octanol–water partition coefficient (Wildman–Crippen LogP) is 1.47. The molecule has 0 aliphatic rings. The minimum Gasteiger partial charge on any atom is -0.491 e. The van der Waals surface area contributed by atoms with Crippen LogP contribution >= 0.6 is 0 Å². The molecule has 4 heteroatoms. The van der Waals surface area contributed by atoms with Crippen LogP contribution in [0.2, 0.25) is 0 Å². The Morgan fingerprint density at radius 2 is 1.82 bits per heavy atom. The lowest BCUT2D eigenvalue weighted by atomic mass is 10.3. The van der Waals surface area contributed by atoms with Gasteiger partial charge >= 0.3 is 0 Å². The second kappa shape index (κ2) is 5.96. The van der Waals surface area contributed by atoms with Crippen LogP contribution in [0.15, 0.2) is 54.9 Å². The Morgan fingerprint density at radius 3 is 2.53 bits per heavy atom. The van der Waals surface area contributed by atoms with Gasteiger partial charge in [-0.25, -0.2) is 0 Å². The van der Waals surface area contributed by atoms with Crippen molar-refractivity contribution in [1.82, 2.24) is 4.68 Å². The van der Waals surface area contributed by atoms with Crippen LogP contribution in [0.1, 0.15) is 0 Å². The first-order chi connectivity index (χ1) is 8.34. The van der Waals surface area contributed by atoms with E-state index in [1.807, 2.05) is 54.9 Å². The third-order valence-corrected chi connectivity index (χ3v) is 2.30. The molecule has 4 nitrogen and oxygen atoms in total. The van der Waals surface area contributed by atoms with Crippen molar-refractivity contribution in [2.24, 2.45) is 0 Å². The molecule has 0 aliphatic heterocycles. The Morgan fingerprint density at radius 1 is 1.12 bits per heavy atom. The fourth-order valence-corrected chi connectivity index (χ4v) is 1.42. The quantitative estimate of drug-likeness (QED) is 0.793. The molecular weight excluding hydrogens is 216 g/mol. The van der Waals surface area contributed by atoms with E-state index in [2.05, 4.69) is 5.43 Å². The topological polar surface area (TPSA) is 46.4 Å². The molecule has 1 aromatic heterocycles. The van der Waals surface area contributed by atoms with E-state index in [9.17, 15) is 5.11 Å². The predicted molar refractivity (Wildman–Crippen MR) is 66.6 cm³/mol. The van der Waals surface area contributed by atoms with Crippen molar-refractivity contribution in [3.63, 3.8) is 0 Å². The number of hydrogen-bond acceptors (Lipinski definition) is 3. The minimum absolute atomic E-state index is 0.276. The smallest absolute Gasteiger partial charge is 0.119 e. The summed E-state index contributed by atoms with van der Waals surface area (Å²) in [5.74, 6) is 0.771. The van der Waals surface area contributed by atoms with Crippen LogP contribution in [0.25, 0.3) is 0 Å². The second-order valence-corrected chi connectivity index (χ2v) is 3.73. The van der Waals surface area contributed by atoms with E-state index in [4.69, 9.17) is 4.74 Å². The molecule has 0 radical (unpaired) electrons. The van der Waals surface area contributed by atoms with Crippen LogP contribution in [0, 0.1) is 0 Å². The number of aliphatic hydroxyl groups is 1. The zero-order valence-electron chi connectivity index (χ0n) is 9.49. The van der Waals surface area contributed by atoms with E-state index < -0.39 is 6.10 Å². The molecule has 0 bridgehead atoms. The van der Waals surface area contributed by atoms with Crippen molar-refractivity contribution >= 4 is 0 Å². The summed E-state index contributed by atoms with van der Waals surface area (Å²) in [6.45, 7) is 0.722. The molecule has 17 heavy (non-hydrogen) atoms. The van der Waals surface area contributed by atoms with Crippen molar-refractivity contribution < 1.29 is 9.84 Å². The summed E-state index contributed by atoms with van der Waals surface area (Å²) in [4.78, 5) is 0. The molecule has 0 spiro atoms. The Kier molecular flexibility index (Phi) is 4.05. The minimum atomic E-state index is -0.544. The van der Waals surface area contributed by atoms with Crippen molar-refractivity contribution in [2.45, 2.75) is 6.10 Å². The molecule has 1 unspecified atom stereocenters. The molecular formula is C13H16N2O2. The van der Waals surface area contributed by atoms with Crippen LogP contribution in [-0.4, -0.2) is 29.0 Å². The monoisotopic (exact) mass is 232 g/mol. The molecule has 2 N–H and O–H groups in total. The average molecular weight is 232 g/mol. The second-order valence-electron chi connectivity index (χ2n) is 3.73. The fourth-order valence-electron chi connectivity index (χ4n) is 1.42. The first-order valence-electron chi connectivity index (χ1n) is 5.57. The molecule has 0 saturated heterocycles. The van der Waals surface area contributed by atoms with Gasteiger partial charge in [-0.1, -0.05) is 18.2 Å². The molecule has 0 aliphatic carbocycles. The highest BCUT2D eigenvalue weighted by molar-refractivity contribution is 5.20. The zero-order chi connectivity index (χ0) is 11.9. The van der Waals surface area contributed by atoms with Gasteiger partial charge in [0.05, 0.1) is 6.54 Å². The highest BCUT2D eigenvalue weighted by Gasteiger charge is 2.04. The Hall–Kier alpha value is -1.94. The maximum Gasteiger partial charge on any atom is 0.119 e. The molecule has 90 valence electrons. The van der Waals surface area contributed by atoms with Gasteiger partial charge in [0.2, 0.25) is 0 Å². The molecule has 2 rings (SSSR count). The maximum atomic E-state index is 9.71. The van der Waals surface area contributed by atoms with Gasteiger partial charge in [-0.2, -0.15) is 0 Å².